The van der Waals surface area contributed by atoms with Gasteiger partial charge in [0, 0.05) is 9.50 Å². The first-order chi connectivity index (χ1) is 8.74. The molecule has 3 aromatic rings. The molecule has 0 bridgehead atoms. The number of fused-ring (bicyclic) bond motifs is 1. The van der Waals surface area contributed by atoms with Crippen LogP contribution in [0.5, 0.6) is 0 Å². The smallest absolute Gasteiger partial charge is 0.127 e. The minimum Gasteiger partial charge on any atom is -0.240 e. The molecular formula is C13H9BrClN3. The van der Waals surface area contributed by atoms with Gasteiger partial charge in [0.2, 0.25) is 0 Å². The maximum atomic E-state index is 5.87. The Labute approximate surface area is 118 Å². The van der Waals surface area contributed by atoms with Gasteiger partial charge in [-0.2, -0.15) is 0 Å². The Balaban J connectivity index is 2.00. The summed E-state index contributed by atoms with van der Waals surface area (Å²) in [7, 11) is 0. The van der Waals surface area contributed by atoms with Crippen LogP contribution in [-0.4, -0.2) is 15.0 Å². The van der Waals surface area contributed by atoms with Crippen LogP contribution in [0.4, 0.5) is 0 Å². The Morgan fingerprint density at radius 1 is 1.11 bits per heavy atom. The number of rotatable bonds is 2. The van der Waals surface area contributed by atoms with Crippen LogP contribution in [0.2, 0.25) is 5.02 Å². The fourth-order valence-electron chi connectivity index (χ4n) is 1.84. The van der Waals surface area contributed by atoms with Gasteiger partial charge in [0.15, 0.2) is 0 Å². The van der Waals surface area contributed by atoms with E-state index in [1.54, 1.807) is 0 Å². The van der Waals surface area contributed by atoms with Crippen LogP contribution < -0.4 is 0 Å². The summed E-state index contributed by atoms with van der Waals surface area (Å²) in [5, 5.41) is 9.09. The Bertz CT molecular complexity index is 691. The van der Waals surface area contributed by atoms with E-state index in [-0.39, 0.29) is 0 Å². The third-order valence-electron chi connectivity index (χ3n) is 2.74. The van der Waals surface area contributed by atoms with Gasteiger partial charge in [0.1, 0.15) is 5.52 Å². The molecule has 1 heterocycles. The minimum atomic E-state index is 0.685. The summed E-state index contributed by atoms with van der Waals surface area (Å²) < 4.78 is 2.84. The number of hydrogen-bond donors (Lipinski definition) is 0. The molecule has 0 atom stereocenters. The third kappa shape index (κ3) is 2.13. The third-order valence-corrected chi connectivity index (χ3v) is 3.63. The van der Waals surface area contributed by atoms with E-state index in [0.717, 1.165) is 26.1 Å². The molecule has 90 valence electrons. The van der Waals surface area contributed by atoms with Crippen molar-refractivity contribution in [1.29, 1.82) is 0 Å². The van der Waals surface area contributed by atoms with Crippen molar-refractivity contribution < 1.29 is 0 Å². The van der Waals surface area contributed by atoms with Gasteiger partial charge >= 0.3 is 0 Å². The normalized spacial score (nSPS) is 11.0. The number of halogens is 2. The maximum Gasteiger partial charge on any atom is 0.127 e. The molecule has 0 radical (unpaired) electrons. The molecule has 0 N–H and O–H groups in total. The quantitative estimate of drug-likeness (QED) is 0.716. The zero-order valence-corrected chi connectivity index (χ0v) is 11.7. The SMILES string of the molecule is Clc1ccc(Cn2nnc3c(Br)cccc32)cc1. The molecule has 3 rings (SSSR count). The number of hydrogen-bond acceptors (Lipinski definition) is 2. The summed E-state index contributed by atoms with van der Waals surface area (Å²) in [5.74, 6) is 0. The van der Waals surface area contributed by atoms with Crippen LogP contribution in [0.3, 0.4) is 0 Å². The van der Waals surface area contributed by atoms with E-state index >= 15 is 0 Å². The molecule has 0 aliphatic carbocycles. The Morgan fingerprint density at radius 3 is 2.67 bits per heavy atom. The molecule has 18 heavy (non-hydrogen) atoms. The minimum absolute atomic E-state index is 0.685. The van der Waals surface area contributed by atoms with Gasteiger partial charge in [-0.3, -0.25) is 0 Å². The highest BCUT2D eigenvalue weighted by atomic mass is 79.9. The highest BCUT2D eigenvalue weighted by Gasteiger charge is 2.07. The van der Waals surface area contributed by atoms with Crippen molar-refractivity contribution >= 4 is 38.6 Å². The Morgan fingerprint density at radius 2 is 1.89 bits per heavy atom. The van der Waals surface area contributed by atoms with Gasteiger partial charge in [-0.25, -0.2) is 4.68 Å². The predicted molar refractivity (Wildman–Crippen MR) is 75.8 cm³/mol. The monoisotopic (exact) mass is 321 g/mol. The van der Waals surface area contributed by atoms with Gasteiger partial charge in [0.25, 0.3) is 0 Å². The van der Waals surface area contributed by atoms with Crippen LogP contribution in [0.15, 0.2) is 46.9 Å². The molecule has 2 aromatic carbocycles. The van der Waals surface area contributed by atoms with Gasteiger partial charge in [-0.15, -0.1) is 5.10 Å². The van der Waals surface area contributed by atoms with Crippen LogP contribution in [-0.2, 0) is 6.54 Å². The van der Waals surface area contributed by atoms with Crippen molar-refractivity contribution in [1.82, 2.24) is 15.0 Å². The van der Waals surface area contributed by atoms with Gasteiger partial charge in [-0.05, 0) is 45.8 Å². The summed E-state index contributed by atoms with van der Waals surface area (Å²) in [6.45, 7) is 0.685. The topological polar surface area (TPSA) is 30.7 Å². The van der Waals surface area contributed by atoms with Crippen LogP contribution in [0.25, 0.3) is 11.0 Å². The van der Waals surface area contributed by atoms with E-state index in [2.05, 4.69) is 26.2 Å². The zero-order chi connectivity index (χ0) is 12.5. The molecule has 3 nitrogen and oxygen atoms in total. The second kappa shape index (κ2) is 4.71. The highest BCUT2D eigenvalue weighted by molar-refractivity contribution is 9.10. The van der Waals surface area contributed by atoms with Crippen molar-refractivity contribution in [2.75, 3.05) is 0 Å². The second-order valence-electron chi connectivity index (χ2n) is 3.98. The molecule has 0 aliphatic heterocycles. The molecule has 0 saturated heterocycles. The van der Waals surface area contributed by atoms with E-state index in [1.165, 1.54) is 0 Å². The first kappa shape index (κ1) is 11.7. The standard InChI is InChI=1S/C13H9BrClN3/c14-11-2-1-3-12-13(11)16-17-18(12)8-9-4-6-10(15)7-5-9/h1-7H,8H2. The van der Waals surface area contributed by atoms with Gasteiger partial charge in [0.05, 0.1) is 12.1 Å². The van der Waals surface area contributed by atoms with Crippen molar-refractivity contribution in [3.63, 3.8) is 0 Å². The molecule has 0 unspecified atom stereocenters. The number of aromatic nitrogens is 3. The Hall–Kier alpha value is -1.39. The molecular weight excluding hydrogens is 314 g/mol. The second-order valence-corrected chi connectivity index (χ2v) is 5.27. The van der Waals surface area contributed by atoms with Crippen LogP contribution in [0, 0.1) is 0 Å². The van der Waals surface area contributed by atoms with E-state index in [1.807, 2.05) is 47.1 Å². The molecule has 0 spiro atoms. The molecule has 0 saturated carbocycles. The van der Waals surface area contributed by atoms with Gasteiger partial charge in [-0.1, -0.05) is 35.0 Å². The fraction of sp³-hybridized carbons (Fsp3) is 0.0769. The van der Waals surface area contributed by atoms with Crippen LogP contribution >= 0.6 is 27.5 Å². The van der Waals surface area contributed by atoms with Crippen molar-refractivity contribution in [3.8, 4) is 0 Å². The molecule has 0 fully saturated rings. The maximum absolute atomic E-state index is 5.87. The lowest BCUT2D eigenvalue weighted by Gasteiger charge is -2.03. The van der Waals surface area contributed by atoms with Crippen molar-refractivity contribution in [2.45, 2.75) is 6.54 Å². The largest absolute Gasteiger partial charge is 0.240 e. The first-order valence-corrected chi connectivity index (χ1v) is 6.63. The average molecular weight is 323 g/mol. The summed E-state index contributed by atoms with van der Waals surface area (Å²) >= 11 is 9.34. The van der Waals surface area contributed by atoms with E-state index in [9.17, 15) is 0 Å². The van der Waals surface area contributed by atoms with E-state index < -0.39 is 0 Å². The predicted octanol–water partition coefficient (Wildman–Crippen LogP) is 3.90. The lowest BCUT2D eigenvalue weighted by Crippen LogP contribution is -2.01. The Kier molecular flexibility index (Phi) is 3.06. The van der Waals surface area contributed by atoms with Gasteiger partial charge < -0.3 is 0 Å². The highest BCUT2D eigenvalue weighted by Crippen LogP contribution is 2.21. The van der Waals surface area contributed by atoms with E-state index in [0.29, 0.717) is 6.54 Å². The molecule has 5 heteroatoms. The zero-order valence-electron chi connectivity index (χ0n) is 9.35. The van der Waals surface area contributed by atoms with Crippen molar-refractivity contribution in [3.05, 3.63) is 57.5 Å². The summed E-state index contributed by atoms with van der Waals surface area (Å²) in [5.41, 5.74) is 3.04. The number of benzene rings is 2. The lowest BCUT2D eigenvalue weighted by atomic mass is 10.2. The average Bonchev–Trinajstić information content (AvgIpc) is 2.77. The van der Waals surface area contributed by atoms with E-state index in [4.69, 9.17) is 11.6 Å². The summed E-state index contributed by atoms with van der Waals surface area (Å²) in [4.78, 5) is 0. The first-order valence-electron chi connectivity index (χ1n) is 5.46. The lowest BCUT2D eigenvalue weighted by molar-refractivity contribution is 0.670. The molecule has 0 amide bonds. The van der Waals surface area contributed by atoms with Crippen molar-refractivity contribution in [2.24, 2.45) is 0 Å². The fourth-order valence-corrected chi connectivity index (χ4v) is 2.40. The summed E-state index contributed by atoms with van der Waals surface area (Å²) in [6, 6.07) is 13.7. The number of nitrogens with zero attached hydrogens (tertiary/aromatic N) is 3. The molecule has 0 aliphatic rings. The molecule has 1 aromatic heterocycles. The van der Waals surface area contributed by atoms with Crippen LogP contribution in [0.1, 0.15) is 5.56 Å². The summed E-state index contributed by atoms with van der Waals surface area (Å²) in [6.07, 6.45) is 0.